The summed E-state index contributed by atoms with van der Waals surface area (Å²) in [6.07, 6.45) is 5.25. The summed E-state index contributed by atoms with van der Waals surface area (Å²) in [5, 5.41) is 0. The molecule has 2 N–H and O–H groups in total. The molecule has 0 aliphatic carbocycles. The predicted molar refractivity (Wildman–Crippen MR) is 58.5 cm³/mol. The molecule has 4 nitrogen and oxygen atoms in total. The molecule has 76 valence electrons. The van der Waals surface area contributed by atoms with Crippen molar-refractivity contribution in [2.24, 2.45) is 5.73 Å². The molecule has 0 atom stereocenters. The lowest BCUT2D eigenvalue weighted by Crippen LogP contribution is -2.13. The maximum Gasteiger partial charge on any atom is 0.252 e. The van der Waals surface area contributed by atoms with E-state index in [0.29, 0.717) is 11.2 Å². The van der Waals surface area contributed by atoms with E-state index < -0.39 is 5.91 Å². The summed E-state index contributed by atoms with van der Waals surface area (Å²) >= 11 is 0. The Kier molecular flexibility index (Phi) is 2.04. The van der Waals surface area contributed by atoms with E-state index in [1.807, 2.05) is 17.5 Å². The zero-order valence-electron chi connectivity index (χ0n) is 8.40. The minimum absolute atomic E-state index is 0.417. The number of aromatic nitrogens is 2. The van der Waals surface area contributed by atoms with Gasteiger partial charge in [0.05, 0.1) is 5.56 Å². The molecule has 2 rings (SSSR count). The molecular formula is C11H11N3O. The number of pyridine rings is 1. The summed E-state index contributed by atoms with van der Waals surface area (Å²) in [5.41, 5.74) is 8.09. The number of amides is 1. The highest BCUT2D eigenvalue weighted by Crippen LogP contribution is 2.14. The number of primary amides is 1. The minimum atomic E-state index is -0.477. The Morgan fingerprint density at radius 2 is 2.40 bits per heavy atom. The third-order valence-electron chi connectivity index (χ3n) is 2.31. The van der Waals surface area contributed by atoms with Crippen molar-refractivity contribution in [3.63, 3.8) is 0 Å². The fraction of sp³-hybridized carbons (Fsp3) is 0.0909. The van der Waals surface area contributed by atoms with E-state index in [0.717, 1.165) is 11.3 Å². The van der Waals surface area contributed by atoms with Crippen molar-refractivity contribution < 1.29 is 4.79 Å². The molecule has 0 unspecified atom stereocenters. The first-order valence-electron chi connectivity index (χ1n) is 4.53. The van der Waals surface area contributed by atoms with E-state index in [2.05, 4.69) is 11.6 Å². The fourth-order valence-corrected chi connectivity index (χ4v) is 1.52. The van der Waals surface area contributed by atoms with Crippen LogP contribution in [-0.4, -0.2) is 15.3 Å². The van der Waals surface area contributed by atoms with Gasteiger partial charge in [0, 0.05) is 18.1 Å². The summed E-state index contributed by atoms with van der Waals surface area (Å²) in [5.74, 6) is -0.477. The number of carbonyl (C=O) groups is 1. The first-order chi connectivity index (χ1) is 7.13. The van der Waals surface area contributed by atoms with Crippen molar-refractivity contribution in [1.82, 2.24) is 9.38 Å². The molecule has 0 aliphatic rings. The minimum Gasteiger partial charge on any atom is -0.365 e. The summed E-state index contributed by atoms with van der Waals surface area (Å²) in [4.78, 5) is 15.4. The average Bonchev–Trinajstić information content (AvgIpc) is 2.59. The third-order valence-corrected chi connectivity index (χ3v) is 2.31. The van der Waals surface area contributed by atoms with Crippen LogP contribution in [0.5, 0.6) is 0 Å². The van der Waals surface area contributed by atoms with Crippen LogP contribution >= 0.6 is 0 Å². The highest BCUT2D eigenvalue weighted by Gasteiger charge is 2.10. The summed E-state index contributed by atoms with van der Waals surface area (Å²) < 4.78 is 1.83. The van der Waals surface area contributed by atoms with E-state index in [1.165, 1.54) is 0 Å². The zero-order chi connectivity index (χ0) is 11.0. The molecule has 0 spiro atoms. The summed E-state index contributed by atoms with van der Waals surface area (Å²) in [6.45, 7) is 5.58. The highest BCUT2D eigenvalue weighted by atomic mass is 16.1. The van der Waals surface area contributed by atoms with Gasteiger partial charge in [0.15, 0.2) is 0 Å². The van der Waals surface area contributed by atoms with Gasteiger partial charge in [0.25, 0.3) is 5.91 Å². The zero-order valence-corrected chi connectivity index (χ0v) is 8.40. The Balaban J connectivity index is 2.88. The van der Waals surface area contributed by atoms with Crippen molar-refractivity contribution in [2.45, 2.75) is 6.92 Å². The second kappa shape index (κ2) is 3.24. The second-order valence-corrected chi connectivity index (χ2v) is 3.35. The van der Waals surface area contributed by atoms with Gasteiger partial charge >= 0.3 is 0 Å². The van der Waals surface area contributed by atoms with E-state index in [1.54, 1.807) is 18.3 Å². The average molecular weight is 201 g/mol. The Morgan fingerprint density at radius 3 is 3.00 bits per heavy atom. The van der Waals surface area contributed by atoms with Crippen molar-refractivity contribution in [3.8, 4) is 0 Å². The molecule has 2 aromatic heterocycles. The molecule has 0 radical (unpaired) electrons. The van der Waals surface area contributed by atoms with Gasteiger partial charge in [-0.25, -0.2) is 4.98 Å². The van der Waals surface area contributed by atoms with Gasteiger partial charge in [0.1, 0.15) is 5.65 Å². The molecule has 15 heavy (non-hydrogen) atoms. The van der Waals surface area contributed by atoms with Gasteiger partial charge in [-0.2, -0.15) is 0 Å². The maximum absolute atomic E-state index is 11.2. The molecule has 1 amide bonds. The molecular weight excluding hydrogens is 190 g/mol. The monoisotopic (exact) mass is 201 g/mol. The van der Waals surface area contributed by atoms with Crippen molar-refractivity contribution >= 4 is 17.6 Å². The van der Waals surface area contributed by atoms with Gasteiger partial charge in [-0.3, -0.25) is 4.79 Å². The Morgan fingerprint density at radius 1 is 1.67 bits per heavy atom. The van der Waals surface area contributed by atoms with Crippen LogP contribution in [0.1, 0.15) is 21.6 Å². The van der Waals surface area contributed by atoms with E-state index in [-0.39, 0.29) is 0 Å². The first-order valence-corrected chi connectivity index (χ1v) is 4.53. The van der Waals surface area contributed by atoms with E-state index in [9.17, 15) is 4.79 Å². The van der Waals surface area contributed by atoms with Crippen molar-refractivity contribution in [2.75, 3.05) is 0 Å². The van der Waals surface area contributed by atoms with Crippen molar-refractivity contribution in [1.29, 1.82) is 0 Å². The molecule has 0 aromatic carbocycles. The Hall–Kier alpha value is -2.10. The number of nitrogens with zero attached hydrogens (tertiary/aromatic N) is 2. The number of nitrogens with two attached hydrogens (primary N) is 1. The van der Waals surface area contributed by atoms with Gasteiger partial charge in [-0.1, -0.05) is 12.7 Å². The molecule has 0 bridgehead atoms. The first kappa shape index (κ1) is 9.45. The van der Waals surface area contributed by atoms with Crippen LogP contribution in [-0.2, 0) is 0 Å². The van der Waals surface area contributed by atoms with Crippen molar-refractivity contribution in [3.05, 3.63) is 41.9 Å². The normalized spacial score (nSPS) is 10.5. The van der Waals surface area contributed by atoms with Crippen LogP contribution in [0.4, 0.5) is 0 Å². The maximum atomic E-state index is 11.2. The topological polar surface area (TPSA) is 60.4 Å². The van der Waals surface area contributed by atoms with Crippen LogP contribution in [0, 0.1) is 6.92 Å². The molecule has 2 heterocycles. The molecule has 4 heteroatoms. The molecule has 0 aliphatic heterocycles. The third kappa shape index (κ3) is 1.40. The fourth-order valence-electron chi connectivity index (χ4n) is 1.52. The molecule has 2 aromatic rings. The van der Waals surface area contributed by atoms with Crippen LogP contribution < -0.4 is 5.73 Å². The SMILES string of the molecule is C=Cc1cc(C(N)=O)c2ncc(C)n2c1. The van der Waals surface area contributed by atoms with E-state index >= 15 is 0 Å². The second-order valence-electron chi connectivity index (χ2n) is 3.35. The van der Waals surface area contributed by atoms with Crippen LogP contribution in [0.2, 0.25) is 0 Å². The lowest BCUT2D eigenvalue weighted by atomic mass is 10.2. The van der Waals surface area contributed by atoms with Gasteiger partial charge in [-0.05, 0) is 18.6 Å². The lowest BCUT2D eigenvalue weighted by molar-refractivity contribution is 0.100. The van der Waals surface area contributed by atoms with Crippen LogP contribution in [0.25, 0.3) is 11.7 Å². The number of aryl methyl sites for hydroxylation is 1. The quantitative estimate of drug-likeness (QED) is 0.798. The predicted octanol–water partition coefficient (Wildman–Crippen LogP) is 1.38. The largest absolute Gasteiger partial charge is 0.365 e. The molecule has 0 saturated heterocycles. The Labute approximate surface area is 87.0 Å². The number of carbonyl (C=O) groups excluding carboxylic acids is 1. The van der Waals surface area contributed by atoms with Gasteiger partial charge in [-0.15, -0.1) is 0 Å². The smallest absolute Gasteiger partial charge is 0.252 e. The Bertz CT molecular complexity index is 554. The van der Waals surface area contributed by atoms with Crippen LogP contribution in [0.15, 0.2) is 25.0 Å². The van der Waals surface area contributed by atoms with Crippen LogP contribution in [0.3, 0.4) is 0 Å². The number of imidazole rings is 1. The van der Waals surface area contributed by atoms with Gasteiger partial charge < -0.3 is 10.1 Å². The summed E-state index contributed by atoms with van der Waals surface area (Å²) in [7, 11) is 0. The van der Waals surface area contributed by atoms with E-state index in [4.69, 9.17) is 5.73 Å². The standard InChI is InChI=1S/C11H11N3O/c1-3-8-4-9(10(12)15)11-13-5-7(2)14(11)6-8/h3-6H,1H2,2H3,(H2,12,15). The highest BCUT2D eigenvalue weighted by molar-refractivity contribution is 5.99. The van der Waals surface area contributed by atoms with Gasteiger partial charge in [0.2, 0.25) is 0 Å². The molecule has 0 fully saturated rings. The number of hydrogen-bond donors (Lipinski definition) is 1. The number of rotatable bonds is 2. The molecule has 0 saturated carbocycles. The lowest BCUT2D eigenvalue weighted by Gasteiger charge is -2.03. The summed E-state index contributed by atoms with van der Waals surface area (Å²) in [6, 6.07) is 1.69. The number of fused-ring (bicyclic) bond motifs is 1. The number of hydrogen-bond acceptors (Lipinski definition) is 2.